The van der Waals surface area contributed by atoms with Crippen molar-refractivity contribution in [2.24, 2.45) is 5.73 Å². The van der Waals surface area contributed by atoms with E-state index < -0.39 is 11.5 Å². The molecule has 1 unspecified atom stereocenters. The SMILES string of the molecule is Cc1cccc(OCCC(C)(N)C(=O)O)c1C. The van der Waals surface area contributed by atoms with Crippen molar-refractivity contribution in [3.8, 4) is 5.75 Å². The Morgan fingerprint density at radius 3 is 2.71 bits per heavy atom. The summed E-state index contributed by atoms with van der Waals surface area (Å²) in [5.74, 6) is -0.228. The Bertz CT molecular complexity index is 413. The highest BCUT2D eigenvalue weighted by Crippen LogP contribution is 2.21. The lowest BCUT2D eigenvalue weighted by atomic mass is 10.0. The van der Waals surface area contributed by atoms with Crippen LogP contribution in [0.5, 0.6) is 5.75 Å². The van der Waals surface area contributed by atoms with Gasteiger partial charge in [-0.2, -0.15) is 0 Å². The van der Waals surface area contributed by atoms with Gasteiger partial charge in [-0.25, -0.2) is 0 Å². The van der Waals surface area contributed by atoms with Crippen molar-refractivity contribution >= 4 is 5.97 Å². The molecule has 0 bridgehead atoms. The quantitative estimate of drug-likeness (QED) is 0.820. The van der Waals surface area contributed by atoms with Crippen LogP contribution in [-0.4, -0.2) is 23.2 Å². The lowest BCUT2D eigenvalue weighted by Crippen LogP contribution is -2.45. The molecule has 1 aromatic carbocycles. The van der Waals surface area contributed by atoms with Gasteiger partial charge < -0.3 is 15.6 Å². The normalized spacial score (nSPS) is 14.1. The van der Waals surface area contributed by atoms with Crippen LogP contribution >= 0.6 is 0 Å². The van der Waals surface area contributed by atoms with Gasteiger partial charge in [-0.15, -0.1) is 0 Å². The van der Waals surface area contributed by atoms with Crippen LogP contribution in [0.3, 0.4) is 0 Å². The molecule has 0 aliphatic rings. The van der Waals surface area contributed by atoms with Crippen molar-refractivity contribution in [1.82, 2.24) is 0 Å². The highest BCUT2D eigenvalue weighted by atomic mass is 16.5. The maximum atomic E-state index is 10.8. The molecular weight excluding hydrogens is 218 g/mol. The minimum Gasteiger partial charge on any atom is -0.493 e. The number of rotatable bonds is 5. The summed E-state index contributed by atoms with van der Waals surface area (Å²) in [7, 11) is 0. The predicted molar refractivity (Wildman–Crippen MR) is 66.3 cm³/mol. The molecule has 0 fully saturated rings. The summed E-state index contributed by atoms with van der Waals surface area (Å²) in [6.07, 6.45) is 0.274. The number of nitrogens with two attached hydrogens (primary N) is 1. The molecule has 4 nitrogen and oxygen atoms in total. The summed E-state index contributed by atoms with van der Waals surface area (Å²) in [5.41, 5.74) is 6.59. The Balaban J connectivity index is 2.58. The van der Waals surface area contributed by atoms with Crippen molar-refractivity contribution < 1.29 is 14.6 Å². The van der Waals surface area contributed by atoms with E-state index in [0.29, 0.717) is 6.61 Å². The first-order valence-electron chi connectivity index (χ1n) is 5.56. The van der Waals surface area contributed by atoms with Crippen LogP contribution in [0.15, 0.2) is 18.2 Å². The van der Waals surface area contributed by atoms with E-state index in [4.69, 9.17) is 15.6 Å². The monoisotopic (exact) mass is 237 g/mol. The number of aliphatic carboxylic acids is 1. The zero-order chi connectivity index (χ0) is 13.1. The molecule has 94 valence electrons. The Morgan fingerprint density at radius 2 is 2.12 bits per heavy atom. The van der Waals surface area contributed by atoms with E-state index in [2.05, 4.69) is 0 Å². The largest absolute Gasteiger partial charge is 0.493 e. The maximum Gasteiger partial charge on any atom is 0.323 e. The van der Waals surface area contributed by atoms with Crippen molar-refractivity contribution in [2.45, 2.75) is 32.7 Å². The molecule has 4 heteroatoms. The highest BCUT2D eigenvalue weighted by Gasteiger charge is 2.27. The Labute approximate surface area is 101 Å². The molecule has 0 radical (unpaired) electrons. The van der Waals surface area contributed by atoms with Crippen molar-refractivity contribution in [2.75, 3.05) is 6.61 Å². The van der Waals surface area contributed by atoms with Gasteiger partial charge in [0.1, 0.15) is 11.3 Å². The van der Waals surface area contributed by atoms with Crippen LogP contribution in [0, 0.1) is 13.8 Å². The first kappa shape index (κ1) is 13.5. The summed E-state index contributed by atoms with van der Waals surface area (Å²) >= 11 is 0. The van der Waals surface area contributed by atoms with E-state index in [1.54, 1.807) is 0 Å². The number of hydrogen-bond acceptors (Lipinski definition) is 3. The first-order chi connectivity index (χ1) is 7.84. The van der Waals surface area contributed by atoms with Gasteiger partial charge in [0.25, 0.3) is 0 Å². The van der Waals surface area contributed by atoms with E-state index in [1.807, 2.05) is 32.0 Å². The lowest BCUT2D eigenvalue weighted by Gasteiger charge is -2.19. The van der Waals surface area contributed by atoms with Crippen LogP contribution in [0.1, 0.15) is 24.5 Å². The topological polar surface area (TPSA) is 72.5 Å². The predicted octanol–water partition coefficient (Wildman–Crippen LogP) is 1.87. The fourth-order valence-corrected chi connectivity index (χ4v) is 1.36. The van der Waals surface area contributed by atoms with Crippen molar-refractivity contribution in [1.29, 1.82) is 0 Å². The number of carbonyl (C=O) groups is 1. The van der Waals surface area contributed by atoms with Gasteiger partial charge in [-0.05, 0) is 38.0 Å². The van der Waals surface area contributed by atoms with Crippen LogP contribution < -0.4 is 10.5 Å². The fraction of sp³-hybridized carbons (Fsp3) is 0.462. The molecule has 0 amide bonds. The van der Waals surface area contributed by atoms with E-state index in [-0.39, 0.29) is 6.42 Å². The Hall–Kier alpha value is -1.55. The summed E-state index contributed by atoms with van der Waals surface area (Å²) in [6, 6.07) is 5.79. The standard InChI is InChI=1S/C13H19NO3/c1-9-5-4-6-11(10(9)2)17-8-7-13(3,14)12(15)16/h4-6H,7-8,14H2,1-3H3,(H,15,16). The third kappa shape index (κ3) is 3.46. The third-order valence-electron chi connectivity index (χ3n) is 2.92. The van der Waals surface area contributed by atoms with Crippen LogP contribution in [0.25, 0.3) is 0 Å². The zero-order valence-electron chi connectivity index (χ0n) is 10.5. The molecule has 0 saturated carbocycles. The maximum absolute atomic E-state index is 10.8. The molecule has 1 aromatic rings. The van der Waals surface area contributed by atoms with Gasteiger partial charge in [0.15, 0.2) is 0 Å². The van der Waals surface area contributed by atoms with Crippen LogP contribution in [-0.2, 0) is 4.79 Å². The number of carboxylic acids is 1. The summed E-state index contributed by atoms with van der Waals surface area (Å²) in [5, 5.41) is 8.86. The van der Waals surface area contributed by atoms with Gasteiger partial charge in [0.2, 0.25) is 0 Å². The summed E-state index contributed by atoms with van der Waals surface area (Å²) < 4.78 is 5.56. The van der Waals surface area contributed by atoms with Crippen molar-refractivity contribution in [3.05, 3.63) is 29.3 Å². The van der Waals surface area contributed by atoms with Gasteiger partial charge in [-0.3, -0.25) is 4.79 Å². The molecule has 1 rings (SSSR count). The second-order valence-corrected chi connectivity index (χ2v) is 4.52. The summed E-state index contributed by atoms with van der Waals surface area (Å²) in [6.45, 7) is 5.77. The minimum atomic E-state index is -1.24. The van der Waals surface area contributed by atoms with E-state index in [0.717, 1.165) is 16.9 Å². The smallest absolute Gasteiger partial charge is 0.323 e. The molecule has 0 aliphatic carbocycles. The average molecular weight is 237 g/mol. The molecule has 0 heterocycles. The lowest BCUT2D eigenvalue weighted by molar-refractivity contribution is -0.143. The molecule has 0 saturated heterocycles. The molecule has 3 N–H and O–H groups in total. The molecule has 0 aromatic heterocycles. The number of carboxylic acid groups (broad SMARTS) is 1. The first-order valence-corrected chi connectivity index (χ1v) is 5.56. The second-order valence-electron chi connectivity index (χ2n) is 4.52. The Morgan fingerprint density at radius 1 is 1.47 bits per heavy atom. The number of benzene rings is 1. The van der Waals surface area contributed by atoms with Crippen LogP contribution in [0.2, 0.25) is 0 Å². The number of hydrogen-bond donors (Lipinski definition) is 2. The van der Waals surface area contributed by atoms with Crippen LogP contribution in [0.4, 0.5) is 0 Å². The highest BCUT2D eigenvalue weighted by molar-refractivity contribution is 5.77. The third-order valence-corrected chi connectivity index (χ3v) is 2.92. The van der Waals surface area contributed by atoms with Gasteiger partial charge in [0, 0.05) is 6.42 Å². The fourth-order valence-electron chi connectivity index (χ4n) is 1.36. The number of aryl methyl sites for hydroxylation is 1. The number of ether oxygens (including phenoxy) is 1. The second kappa shape index (κ2) is 5.19. The van der Waals surface area contributed by atoms with Crippen molar-refractivity contribution in [3.63, 3.8) is 0 Å². The van der Waals surface area contributed by atoms with E-state index in [9.17, 15) is 4.79 Å². The molecular formula is C13H19NO3. The molecule has 17 heavy (non-hydrogen) atoms. The van der Waals surface area contributed by atoms with Gasteiger partial charge in [-0.1, -0.05) is 12.1 Å². The Kier molecular flexibility index (Phi) is 4.12. The molecule has 1 atom stereocenters. The average Bonchev–Trinajstić information content (AvgIpc) is 2.24. The zero-order valence-corrected chi connectivity index (χ0v) is 10.5. The van der Waals surface area contributed by atoms with Gasteiger partial charge >= 0.3 is 5.97 Å². The minimum absolute atomic E-state index is 0.274. The molecule has 0 spiro atoms. The van der Waals surface area contributed by atoms with Gasteiger partial charge in [0.05, 0.1) is 6.61 Å². The van der Waals surface area contributed by atoms with E-state index in [1.165, 1.54) is 6.92 Å². The summed E-state index contributed by atoms with van der Waals surface area (Å²) in [4.78, 5) is 10.8. The van der Waals surface area contributed by atoms with E-state index >= 15 is 0 Å². The molecule has 0 aliphatic heterocycles.